The molecule has 2 aromatic rings. The molecule has 23 heavy (non-hydrogen) atoms. The molecule has 2 bridgehead atoms. The lowest BCUT2D eigenvalue weighted by Gasteiger charge is -2.16. The van der Waals surface area contributed by atoms with Crippen LogP contribution in [0, 0.1) is 17.8 Å². The number of carbonyl (C=O) groups excluding carboxylic acids is 1. The van der Waals surface area contributed by atoms with E-state index in [0.717, 1.165) is 24.0 Å². The van der Waals surface area contributed by atoms with Crippen molar-refractivity contribution in [2.45, 2.75) is 12.8 Å². The van der Waals surface area contributed by atoms with Gasteiger partial charge in [0.05, 0.1) is 5.92 Å². The Hall–Kier alpha value is -2.29. The van der Waals surface area contributed by atoms with Gasteiger partial charge in [-0.15, -0.1) is 0 Å². The Morgan fingerprint density at radius 2 is 1.87 bits per heavy atom. The van der Waals surface area contributed by atoms with Crippen LogP contribution in [0.25, 0.3) is 10.8 Å². The molecule has 3 nitrogen and oxygen atoms in total. The van der Waals surface area contributed by atoms with Gasteiger partial charge >= 0.3 is 5.97 Å². The van der Waals surface area contributed by atoms with Crippen LogP contribution >= 0.6 is 0 Å². The molecule has 0 aliphatic heterocycles. The van der Waals surface area contributed by atoms with Crippen LogP contribution in [0.15, 0.2) is 54.6 Å². The molecule has 0 aromatic heterocycles. The fourth-order valence-corrected chi connectivity index (χ4v) is 3.72. The van der Waals surface area contributed by atoms with E-state index in [1.165, 1.54) is 5.39 Å². The van der Waals surface area contributed by atoms with Gasteiger partial charge in [0.25, 0.3) is 0 Å². The highest BCUT2D eigenvalue weighted by Gasteiger charge is 2.40. The number of esters is 1. The van der Waals surface area contributed by atoms with Crippen molar-refractivity contribution in [1.82, 2.24) is 0 Å². The van der Waals surface area contributed by atoms with Gasteiger partial charge in [-0.25, -0.2) is 0 Å². The van der Waals surface area contributed by atoms with Gasteiger partial charge in [0.15, 0.2) is 0 Å². The SMILES string of the molecule is O=C(OCCOc1ccc2ccccc2c1)C1CC2C=CC1C2. The van der Waals surface area contributed by atoms with Crippen LogP contribution in [0.3, 0.4) is 0 Å². The smallest absolute Gasteiger partial charge is 0.309 e. The van der Waals surface area contributed by atoms with Crippen LogP contribution in [-0.4, -0.2) is 19.2 Å². The number of benzene rings is 2. The van der Waals surface area contributed by atoms with Gasteiger partial charge in [0.2, 0.25) is 0 Å². The molecule has 4 rings (SSSR count). The van der Waals surface area contributed by atoms with Crippen LogP contribution in [0.5, 0.6) is 5.75 Å². The molecule has 0 heterocycles. The molecular weight excluding hydrogens is 288 g/mol. The molecule has 2 aliphatic carbocycles. The van der Waals surface area contributed by atoms with Gasteiger partial charge < -0.3 is 9.47 Å². The first-order valence-corrected chi connectivity index (χ1v) is 8.26. The van der Waals surface area contributed by atoms with Crippen LogP contribution in [0.4, 0.5) is 0 Å². The second kappa shape index (κ2) is 6.07. The Bertz CT molecular complexity index is 749. The highest BCUT2D eigenvalue weighted by atomic mass is 16.6. The number of hydrogen-bond donors (Lipinski definition) is 0. The first-order valence-electron chi connectivity index (χ1n) is 8.26. The Balaban J connectivity index is 1.26. The fourth-order valence-electron chi connectivity index (χ4n) is 3.72. The van der Waals surface area contributed by atoms with Gasteiger partial charge in [0, 0.05) is 0 Å². The van der Waals surface area contributed by atoms with E-state index in [2.05, 4.69) is 24.3 Å². The standard InChI is InChI=1S/C20H20O3/c21-20(19-12-14-5-6-17(19)11-14)23-10-9-22-18-8-7-15-3-1-2-4-16(15)13-18/h1-8,13-14,17,19H,9-12H2. The van der Waals surface area contributed by atoms with E-state index in [-0.39, 0.29) is 11.9 Å². The van der Waals surface area contributed by atoms with E-state index < -0.39 is 0 Å². The molecule has 0 amide bonds. The molecule has 1 saturated carbocycles. The Morgan fingerprint density at radius 3 is 2.65 bits per heavy atom. The van der Waals surface area contributed by atoms with Crippen molar-refractivity contribution in [3.63, 3.8) is 0 Å². The summed E-state index contributed by atoms with van der Waals surface area (Å²) in [6.07, 6.45) is 6.47. The van der Waals surface area contributed by atoms with Crippen molar-refractivity contribution in [2.75, 3.05) is 13.2 Å². The summed E-state index contributed by atoms with van der Waals surface area (Å²) in [7, 11) is 0. The highest BCUT2D eigenvalue weighted by molar-refractivity contribution is 5.83. The molecule has 3 heteroatoms. The topological polar surface area (TPSA) is 35.5 Å². The normalized spacial score (nSPS) is 25.0. The first-order chi connectivity index (χ1) is 11.3. The summed E-state index contributed by atoms with van der Waals surface area (Å²) in [5.74, 6) is 1.79. The van der Waals surface area contributed by atoms with Crippen LogP contribution in [0.2, 0.25) is 0 Å². The zero-order chi connectivity index (χ0) is 15.6. The minimum atomic E-state index is -0.0658. The lowest BCUT2D eigenvalue weighted by atomic mass is 9.94. The lowest BCUT2D eigenvalue weighted by Crippen LogP contribution is -2.23. The average molecular weight is 308 g/mol. The van der Waals surface area contributed by atoms with E-state index in [0.29, 0.717) is 25.0 Å². The molecule has 2 aliphatic rings. The summed E-state index contributed by atoms with van der Waals surface area (Å²) in [5, 5.41) is 2.34. The molecule has 118 valence electrons. The summed E-state index contributed by atoms with van der Waals surface area (Å²) >= 11 is 0. The summed E-state index contributed by atoms with van der Waals surface area (Å²) in [4.78, 5) is 12.1. The number of ether oxygens (including phenoxy) is 2. The quantitative estimate of drug-likeness (QED) is 0.476. The lowest BCUT2D eigenvalue weighted by molar-refractivity contribution is -0.150. The van der Waals surface area contributed by atoms with Gasteiger partial charge in [-0.3, -0.25) is 4.79 Å². The van der Waals surface area contributed by atoms with E-state index >= 15 is 0 Å². The number of rotatable bonds is 5. The summed E-state index contributed by atoms with van der Waals surface area (Å²) in [5.41, 5.74) is 0. The van der Waals surface area contributed by atoms with E-state index in [4.69, 9.17) is 9.47 Å². The van der Waals surface area contributed by atoms with Crippen LogP contribution in [0.1, 0.15) is 12.8 Å². The van der Waals surface area contributed by atoms with Gasteiger partial charge in [0.1, 0.15) is 19.0 Å². The second-order valence-corrected chi connectivity index (χ2v) is 6.41. The first kappa shape index (κ1) is 14.3. The third kappa shape index (κ3) is 2.96. The summed E-state index contributed by atoms with van der Waals surface area (Å²) in [6.45, 7) is 0.698. The number of allylic oxidation sites excluding steroid dienone is 2. The highest BCUT2D eigenvalue weighted by Crippen LogP contribution is 2.43. The number of hydrogen-bond acceptors (Lipinski definition) is 3. The summed E-state index contributed by atoms with van der Waals surface area (Å²) in [6, 6.07) is 14.2. The summed E-state index contributed by atoms with van der Waals surface area (Å²) < 4.78 is 11.1. The maximum Gasteiger partial charge on any atom is 0.309 e. The molecule has 2 aromatic carbocycles. The van der Waals surface area contributed by atoms with Crippen molar-refractivity contribution in [1.29, 1.82) is 0 Å². The fraction of sp³-hybridized carbons (Fsp3) is 0.350. The third-order valence-electron chi connectivity index (χ3n) is 4.90. The van der Waals surface area contributed by atoms with E-state index in [1.807, 2.05) is 30.3 Å². The molecule has 0 saturated heterocycles. The third-order valence-corrected chi connectivity index (χ3v) is 4.90. The van der Waals surface area contributed by atoms with Crippen molar-refractivity contribution >= 4 is 16.7 Å². The zero-order valence-electron chi connectivity index (χ0n) is 13.0. The monoisotopic (exact) mass is 308 g/mol. The molecule has 0 spiro atoms. The molecule has 0 N–H and O–H groups in total. The maximum atomic E-state index is 12.1. The largest absolute Gasteiger partial charge is 0.490 e. The van der Waals surface area contributed by atoms with Crippen LogP contribution < -0.4 is 4.74 Å². The maximum absolute atomic E-state index is 12.1. The van der Waals surface area contributed by atoms with Gasteiger partial charge in [-0.2, -0.15) is 0 Å². The molecule has 0 radical (unpaired) electrons. The predicted octanol–water partition coefficient (Wildman–Crippen LogP) is 3.97. The number of carbonyl (C=O) groups is 1. The predicted molar refractivity (Wildman–Crippen MR) is 89.2 cm³/mol. The van der Waals surface area contributed by atoms with E-state index in [9.17, 15) is 4.79 Å². The zero-order valence-corrected chi connectivity index (χ0v) is 13.0. The molecule has 1 fully saturated rings. The minimum Gasteiger partial charge on any atom is -0.490 e. The average Bonchev–Trinajstić information content (AvgIpc) is 3.21. The Kier molecular flexibility index (Phi) is 3.78. The van der Waals surface area contributed by atoms with Crippen LogP contribution in [-0.2, 0) is 9.53 Å². The van der Waals surface area contributed by atoms with E-state index in [1.54, 1.807) is 0 Å². The number of fused-ring (bicyclic) bond motifs is 3. The van der Waals surface area contributed by atoms with Gasteiger partial charge in [-0.1, -0.05) is 42.5 Å². The van der Waals surface area contributed by atoms with Crippen molar-refractivity contribution in [3.05, 3.63) is 54.6 Å². The molecule has 3 atom stereocenters. The molecular formula is C20H20O3. The Morgan fingerprint density at radius 1 is 1.00 bits per heavy atom. The van der Waals surface area contributed by atoms with Crippen molar-refractivity contribution < 1.29 is 14.3 Å². The van der Waals surface area contributed by atoms with Crippen molar-refractivity contribution in [3.8, 4) is 5.75 Å². The van der Waals surface area contributed by atoms with Crippen molar-refractivity contribution in [2.24, 2.45) is 17.8 Å². The minimum absolute atomic E-state index is 0.0608. The second-order valence-electron chi connectivity index (χ2n) is 6.41. The van der Waals surface area contributed by atoms with Gasteiger partial charge in [-0.05, 0) is 47.6 Å². The Labute approximate surface area is 135 Å². The molecule has 3 unspecified atom stereocenters.